The summed E-state index contributed by atoms with van der Waals surface area (Å²) in [5.41, 5.74) is 10.5. The van der Waals surface area contributed by atoms with Gasteiger partial charge in [0, 0.05) is 22.2 Å². The van der Waals surface area contributed by atoms with Crippen LogP contribution in [0.5, 0.6) is 0 Å². The maximum absolute atomic E-state index is 13.0. The molecule has 4 rings (SSSR count). The predicted molar refractivity (Wildman–Crippen MR) is 114 cm³/mol. The molecule has 5 heteroatoms. The van der Waals surface area contributed by atoms with Crippen LogP contribution < -0.4 is 5.73 Å². The van der Waals surface area contributed by atoms with Crippen LogP contribution in [0.2, 0.25) is 0 Å². The molecule has 2 aromatic carbocycles. The molecule has 4 aromatic rings. The van der Waals surface area contributed by atoms with Gasteiger partial charge in [0.05, 0.1) is 5.69 Å². The Morgan fingerprint density at radius 2 is 1.61 bits per heavy atom. The van der Waals surface area contributed by atoms with E-state index in [9.17, 15) is 9.59 Å². The second-order valence-electron chi connectivity index (χ2n) is 6.65. The molecule has 0 spiro atoms. The molecule has 4 nitrogen and oxygen atoms in total. The summed E-state index contributed by atoms with van der Waals surface area (Å²) in [6.07, 6.45) is 0. The molecular formula is C23H18N2O2S. The minimum Gasteiger partial charge on any atom is -0.397 e. The summed E-state index contributed by atoms with van der Waals surface area (Å²) in [6, 6.07) is 19.2. The Hall–Kier alpha value is -3.31. The molecule has 0 saturated heterocycles. The third kappa shape index (κ3) is 3.10. The van der Waals surface area contributed by atoms with Crippen molar-refractivity contribution >= 4 is 38.8 Å². The zero-order valence-electron chi connectivity index (χ0n) is 15.5. The van der Waals surface area contributed by atoms with E-state index in [4.69, 9.17) is 5.73 Å². The standard InChI is InChI=1S/C23H18N2O2S/c1-13-18(14(2)26)12-19-20(24)22(28-23(19)25-13)21(27)17-10-8-16(9-11-17)15-6-4-3-5-7-15/h3-12H,24H2,1-2H3. The van der Waals surface area contributed by atoms with Crippen LogP contribution >= 0.6 is 11.3 Å². The zero-order chi connectivity index (χ0) is 19.8. The average molecular weight is 386 g/mol. The van der Waals surface area contributed by atoms with Crippen LogP contribution in [0.25, 0.3) is 21.3 Å². The highest BCUT2D eigenvalue weighted by Gasteiger charge is 2.20. The topological polar surface area (TPSA) is 73.1 Å². The molecule has 0 fully saturated rings. The molecule has 0 bridgehead atoms. The van der Waals surface area contributed by atoms with E-state index in [0.717, 1.165) is 11.1 Å². The minimum atomic E-state index is -0.137. The van der Waals surface area contributed by atoms with Crippen molar-refractivity contribution in [3.63, 3.8) is 0 Å². The molecule has 2 aromatic heterocycles. The largest absolute Gasteiger partial charge is 0.397 e. The number of carbonyl (C=O) groups is 2. The van der Waals surface area contributed by atoms with Crippen LogP contribution in [-0.4, -0.2) is 16.6 Å². The van der Waals surface area contributed by atoms with Gasteiger partial charge in [-0.3, -0.25) is 9.59 Å². The Kier molecular flexibility index (Phi) is 4.53. The summed E-state index contributed by atoms with van der Waals surface area (Å²) >= 11 is 1.27. The summed E-state index contributed by atoms with van der Waals surface area (Å²) < 4.78 is 0. The van der Waals surface area contributed by atoms with Crippen LogP contribution in [0.1, 0.15) is 38.2 Å². The van der Waals surface area contributed by atoms with E-state index in [0.29, 0.717) is 37.6 Å². The van der Waals surface area contributed by atoms with E-state index in [1.165, 1.54) is 18.3 Å². The molecule has 2 heterocycles. The number of Topliss-reactive ketones (excluding diaryl/α,β-unsaturated/α-hetero) is 1. The van der Waals surface area contributed by atoms with Gasteiger partial charge in [-0.25, -0.2) is 4.98 Å². The molecule has 0 aliphatic rings. The quantitative estimate of drug-likeness (QED) is 0.484. The third-order valence-electron chi connectivity index (χ3n) is 4.75. The number of anilines is 1. The lowest BCUT2D eigenvalue weighted by molar-refractivity contribution is 0.101. The second kappa shape index (κ2) is 7.02. The summed E-state index contributed by atoms with van der Waals surface area (Å²) in [5, 5.41) is 0.657. The first-order chi connectivity index (χ1) is 13.5. The first kappa shape index (κ1) is 18.1. The molecule has 0 saturated carbocycles. The Morgan fingerprint density at radius 1 is 0.964 bits per heavy atom. The fourth-order valence-corrected chi connectivity index (χ4v) is 4.31. The summed E-state index contributed by atoms with van der Waals surface area (Å²) in [5.74, 6) is -0.205. The van der Waals surface area contributed by atoms with E-state index >= 15 is 0 Å². The van der Waals surface area contributed by atoms with E-state index in [1.54, 1.807) is 13.0 Å². The number of aryl methyl sites for hydroxylation is 1. The van der Waals surface area contributed by atoms with Gasteiger partial charge in [-0.2, -0.15) is 0 Å². The average Bonchev–Trinajstić information content (AvgIpc) is 3.03. The molecule has 0 radical (unpaired) electrons. The van der Waals surface area contributed by atoms with Gasteiger partial charge in [0.15, 0.2) is 5.78 Å². The highest BCUT2D eigenvalue weighted by molar-refractivity contribution is 7.21. The number of fused-ring (bicyclic) bond motifs is 1. The van der Waals surface area contributed by atoms with E-state index < -0.39 is 0 Å². The number of carbonyl (C=O) groups excluding carboxylic acids is 2. The summed E-state index contributed by atoms with van der Waals surface area (Å²) in [6.45, 7) is 3.29. The number of pyridine rings is 1. The number of ketones is 2. The van der Waals surface area contributed by atoms with E-state index in [-0.39, 0.29) is 11.6 Å². The second-order valence-corrected chi connectivity index (χ2v) is 7.65. The number of thiophene rings is 1. The molecule has 0 amide bonds. The number of rotatable bonds is 4. The van der Waals surface area contributed by atoms with Crippen molar-refractivity contribution in [2.24, 2.45) is 0 Å². The molecule has 2 N–H and O–H groups in total. The Bertz CT molecular complexity index is 1210. The van der Waals surface area contributed by atoms with Gasteiger partial charge in [0.25, 0.3) is 0 Å². The number of hydrogen-bond donors (Lipinski definition) is 1. The maximum Gasteiger partial charge on any atom is 0.205 e. The van der Waals surface area contributed by atoms with Crippen molar-refractivity contribution < 1.29 is 9.59 Å². The fraction of sp³-hybridized carbons (Fsp3) is 0.0870. The molecule has 0 aliphatic carbocycles. The molecule has 0 atom stereocenters. The van der Waals surface area contributed by atoms with Gasteiger partial charge in [-0.15, -0.1) is 11.3 Å². The number of nitrogens with two attached hydrogens (primary N) is 1. The number of nitrogen functional groups attached to an aromatic ring is 1. The zero-order valence-corrected chi connectivity index (χ0v) is 16.3. The van der Waals surface area contributed by atoms with Crippen molar-refractivity contribution in [1.29, 1.82) is 0 Å². The van der Waals surface area contributed by atoms with Crippen LogP contribution in [0, 0.1) is 6.92 Å². The van der Waals surface area contributed by atoms with Gasteiger partial charge in [0.1, 0.15) is 9.71 Å². The van der Waals surface area contributed by atoms with E-state index in [2.05, 4.69) is 4.98 Å². The first-order valence-electron chi connectivity index (χ1n) is 8.86. The van der Waals surface area contributed by atoms with Gasteiger partial charge in [-0.1, -0.05) is 54.6 Å². The molecule has 0 unspecified atom stereocenters. The summed E-state index contributed by atoms with van der Waals surface area (Å²) in [4.78, 5) is 30.4. The minimum absolute atomic E-state index is 0.0677. The van der Waals surface area contributed by atoms with Crippen LogP contribution in [0.4, 0.5) is 5.69 Å². The summed E-state index contributed by atoms with van der Waals surface area (Å²) in [7, 11) is 0. The van der Waals surface area contributed by atoms with Gasteiger partial charge >= 0.3 is 0 Å². The van der Waals surface area contributed by atoms with Crippen LogP contribution in [0.3, 0.4) is 0 Å². The number of benzene rings is 2. The molecule has 0 aliphatic heterocycles. The predicted octanol–water partition coefficient (Wildman–Crippen LogP) is 5.29. The van der Waals surface area contributed by atoms with Crippen molar-refractivity contribution in [2.45, 2.75) is 13.8 Å². The highest BCUT2D eigenvalue weighted by atomic mass is 32.1. The first-order valence-corrected chi connectivity index (χ1v) is 9.68. The van der Waals surface area contributed by atoms with Crippen molar-refractivity contribution in [3.8, 4) is 11.1 Å². The van der Waals surface area contributed by atoms with Crippen molar-refractivity contribution in [1.82, 2.24) is 4.98 Å². The number of aromatic nitrogens is 1. The number of hydrogen-bond acceptors (Lipinski definition) is 5. The SMILES string of the molecule is CC(=O)c1cc2c(N)c(C(=O)c3ccc(-c4ccccc4)cc3)sc2nc1C. The van der Waals surface area contributed by atoms with Crippen LogP contribution in [0.15, 0.2) is 60.7 Å². The molecule has 138 valence electrons. The lowest BCUT2D eigenvalue weighted by Gasteiger charge is -2.04. The maximum atomic E-state index is 13.0. The third-order valence-corrected chi connectivity index (χ3v) is 5.87. The number of nitrogens with zero attached hydrogens (tertiary/aromatic N) is 1. The van der Waals surface area contributed by atoms with Gasteiger partial charge in [0.2, 0.25) is 5.78 Å². The molecular weight excluding hydrogens is 368 g/mol. The van der Waals surface area contributed by atoms with E-state index in [1.807, 2.05) is 54.6 Å². The van der Waals surface area contributed by atoms with Gasteiger partial charge < -0.3 is 5.73 Å². The molecule has 28 heavy (non-hydrogen) atoms. The lowest BCUT2D eigenvalue weighted by atomic mass is 10.0. The lowest BCUT2D eigenvalue weighted by Crippen LogP contribution is -2.02. The monoisotopic (exact) mass is 386 g/mol. The highest BCUT2D eigenvalue weighted by Crippen LogP contribution is 2.35. The van der Waals surface area contributed by atoms with Crippen LogP contribution in [-0.2, 0) is 0 Å². The van der Waals surface area contributed by atoms with Crippen molar-refractivity contribution in [3.05, 3.63) is 82.4 Å². The normalized spacial score (nSPS) is 10.9. The Balaban J connectivity index is 1.73. The van der Waals surface area contributed by atoms with Gasteiger partial charge in [-0.05, 0) is 31.0 Å². The van der Waals surface area contributed by atoms with Crippen molar-refractivity contribution in [2.75, 3.05) is 5.73 Å². The Morgan fingerprint density at radius 3 is 2.25 bits per heavy atom. The fourth-order valence-electron chi connectivity index (χ4n) is 3.23. The smallest absolute Gasteiger partial charge is 0.205 e. The Labute approximate surface area is 166 Å².